The van der Waals surface area contributed by atoms with E-state index < -0.39 is 54.0 Å². The molecule has 2 aromatic rings. The molecule has 6 atom stereocenters. The van der Waals surface area contributed by atoms with E-state index in [2.05, 4.69) is 0 Å². The number of hydrogen-bond acceptors (Lipinski definition) is 8. The van der Waals surface area contributed by atoms with Gasteiger partial charge in [0, 0.05) is 6.54 Å². The first kappa shape index (κ1) is 25.7. The van der Waals surface area contributed by atoms with Gasteiger partial charge in [-0.3, -0.25) is 19.3 Å². The first-order chi connectivity index (χ1) is 18.7. The number of carbonyl (C=O) groups excluding carboxylic acids is 3. The second-order valence-electron chi connectivity index (χ2n) is 10.9. The van der Waals surface area contributed by atoms with Crippen LogP contribution in [0.4, 0.5) is 5.69 Å². The maximum Gasteiger partial charge on any atom is 0.324 e. The minimum atomic E-state index is -0.977. The molecule has 0 unspecified atom stereocenters. The van der Waals surface area contributed by atoms with Crippen LogP contribution in [0.25, 0.3) is 0 Å². The fraction of sp³-hybridized carbons (Fsp3) is 0.433. The summed E-state index contributed by atoms with van der Waals surface area (Å²) in [4.78, 5) is 44.7. The number of ether oxygens (including phenoxy) is 4. The average molecular weight is 533 g/mol. The zero-order valence-electron chi connectivity index (χ0n) is 22.4. The van der Waals surface area contributed by atoms with Gasteiger partial charge in [0.25, 0.3) is 0 Å². The van der Waals surface area contributed by atoms with Gasteiger partial charge in [-0.25, -0.2) is 4.90 Å². The highest BCUT2D eigenvalue weighted by atomic mass is 16.8. The van der Waals surface area contributed by atoms with E-state index in [0.717, 1.165) is 11.1 Å². The van der Waals surface area contributed by atoms with E-state index in [1.54, 1.807) is 19.1 Å². The van der Waals surface area contributed by atoms with Gasteiger partial charge in [-0.05, 0) is 51.5 Å². The third kappa shape index (κ3) is 4.34. The summed E-state index contributed by atoms with van der Waals surface area (Å²) in [6, 6.07) is 15.2. The SMILES string of the molecule is CCOC(=O)[C@H]1[C@@H]2C(=O)N(c3ccc(C)cc3)C(=O)[C@@H]2[C@H](C2=C[C@H]3OC(C)(C)O[C@H]3O2)N1Cc1ccccc1. The number of aryl methyl sites for hydroxylation is 1. The molecule has 9 nitrogen and oxygen atoms in total. The van der Waals surface area contributed by atoms with E-state index >= 15 is 0 Å². The van der Waals surface area contributed by atoms with Crippen molar-refractivity contribution in [3.63, 3.8) is 0 Å². The van der Waals surface area contributed by atoms with Gasteiger partial charge in [0.1, 0.15) is 17.9 Å². The van der Waals surface area contributed by atoms with Gasteiger partial charge in [0.15, 0.2) is 5.79 Å². The van der Waals surface area contributed by atoms with Crippen molar-refractivity contribution in [1.29, 1.82) is 0 Å². The van der Waals surface area contributed by atoms with Crippen molar-refractivity contribution < 1.29 is 33.3 Å². The fourth-order valence-corrected chi connectivity index (χ4v) is 6.22. The molecule has 0 radical (unpaired) electrons. The Bertz CT molecular complexity index is 1320. The normalized spacial score (nSPS) is 31.2. The number of fused-ring (bicyclic) bond motifs is 2. The summed E-state index contributed by atoms with van der Waals surface area (Å²) in [6.07, 6.45) is 0.682. The number of esters is 1. The molecule has 3 fully saturated rings. The van der Waals surface area contributed by atoms with E-state index in [0.29, 0.717) is 18.0 Å². The van der Waals surface area contributed by atoms with Gasteiger partial charge in [-0.15, -0.1) is 0 Å². The molecule has 9 heteroatoms. The molecule has 4 heterocycles. The van der Waals surface area contributed by atoms with Gasteiger partial charge in [-0.2, -0.15) is 0 Å². The van der Waals surface area contributed by atoms with Crippen LogP contribution < -0.4 is 4.90 Å². The van der Waals surface area contributed by atoms with Gasteiger partial charge >= 0.3 is 5.97 Å². The minimum absolute atomic E-state index is 0.153. The Balaban J connectivity index is 1.44. The van der Waals surface area contributed by atoms with Crippen LogP contribution in [0.5, 0.6) is 0 Å². The number of benzene rings is 2. The van der Waals surface area contributed by atoms with Gasteiger partial charge in [0.2, 0.25) is 18.1 Å². The molecule has 39 heavy (non-hydrogen) atoms. The molecule has 0 spiro atoms. The third-order valence-corrected chi connectivity index (χ3v) is 7.78. The number of likely N-dealkylation sites (tertiary alicyclic amines) is 1. The average Bonchev–Trinajstić information content (AvgIpc) is 3.57. The van der Waals surface area contributed by atoms with E-state index in [1.165, 1.54) is 4.90 Å². The molecule has 0 bridgehead atoms. The van der Waals surface area contributed by atoms with E-state index in [9.17, 15) is 14.4 Å². The van der Waals surface area contributed by atoms with E-state index in [4.69, 9.17) is 18.9 Å². The van der Waals surface area contributed by atoms with Gasteiger partial charge in [-0.1, -0.05) is 48.0 Å². The topological polar surface area (TPSA) is 94.6 Å². The molecule has 2 amide bonds. The Morgan fingerprint density at radius 1 is 0.974 bits per heavy atom. The zero-order chi connectivity index (χ0) is 27.5. The first-order valence-electron chi connectivity index (χ1n) is 13.3. The summed E-state index contributed by atoms with van der Waals surface area (Å²) in [5.41, 5.74) is 2.42. The Hall–Kier alpha value is -3.53. The highest BCUT2D eigenvalue weighted by molar-refractivity contribution is 6.23. The van der Waals surface area contributed by atoms with Crippen molar-refractivity contribution in [1.82, 2.24) is 4.90 Å². The summed E-state index contributed by atoms with van der Waals surface area (Å²) in [7, 11) is 0. The summed E-state index contributed by atoms with van der Waals surface area (Å²) in [5, 5.41) is 0. The molecular weight excluding hydrogens is 500 g/mol. The number of amides is 2. The molecular formula is C30H32N2O7. The standard InChI is InChI=1S/C30H32N2O7/c1-5-36-28(35)25-23-22(26(33)32(27(23)34)19-13-11-17(2)12-14-19)24(31(25)16-18-9-7-6-8-10-18)20-15-21-29(37-20)39-30(3,4)38-21/h6-15,21-25,29H,5,16H2,1-4H3/t21-,22+,23-,24+,25-,29-/m1/s1. The van der Waals surface area contributed by atoms with Crippen LogP contribution in [0.2, 0.25) is 0 Å². The molecule has 0 saturated carbocycles. The second kappa shape index (κ2) is 9.59. The Labute approximate surface area is 227 Å². The second-order valence-corrected chi connectivity index (χ2v) is 10.9. The number of rotatable bonds is 6. The lowest BCUT2D eigenvalue weighted by Gasteiger charge is -2.33. The van der Waals surface area contributed by atoms with Crippen LogP contribution in [0.15, 0.2) is 66.4 Å². The maximum absolute atomic E-state index is 14.1. The molecule has 4 aliphatic rings. The van der Waals surface area contributed by atoms with Crippen LogP contribution in [0.3, 0.4) is 0 Å². The summed E-state index contributed by atoms with van der Waals surface area (Å²) < 4.78 is 23.6. The molecule has 3 saturated heterocycles. The number of anilines is 1. The summed E-state index contributed by atoms with van der Waals surface area (Å²) >= 11 is 0. The van der Waals surface area contributed by atoms with Crippen LogP contribution in [0, 0.1) is 18.8 Å². The smallest absolute Gasteiger partial charge is 0.324 e. The van der Waals surface area contributed by atoms with Crippen molar-refractivity contribution in [3.05, 3.63) is 77.6 Å². The Morgan fingerprint density at radius 3 is 2.33 bits per heavy atom. The van der Waals surface area contributed by atoms with Crippen LogP contribution in [-0.2, 0) is 39.9 Å². The number of imide groups is 1. The molecule has 4 aliphatic heterocycles. The maximum atomic E-state index is 14.1. The molecule has 0 N–H and O–H groups in total. The molecule has 0 aliphatic carbocycles. The molecule has 6 rings (SSSR count). The van der Waals surface area contributed by atoms with Crippen molar-refractivity contribution in [3.8, 4) is 0 Å². The highest BCUT2D eigenvalue weighted by Gasteiger charge is 2.66. The molecule has 2 aromatic carbocycles. The highest BCUT2D eigenvalue weighted by Crippen LogP contribution is 2.49. The van der Waals surface area contributed by atoms with E-state index in [1.807, 2.05) is 74.2 Å². The minimum Gasteiger partial charge on any atom is -0.465 e. The largest absolute Gasteiger partial charge is 0.465 e. The van der Waals surface area contributed by atoms with E-state index in [-0.39, 0.29) is 12.5 Å². The molecule has 204 valence electrons. The van der Waals surface area contributed by atoms with Crippen LogP contribution >= 0.6 is 0 Å². The predicted molar refractivity (Wildman–Crippen MR) is 140 cm³/mol. The van der Waals surface area contributed by atoms with Crippen LogP contribution in [-0.4, -0.2) is 59.6 Å². The number of nitrogens with zero attached hydrogens (tertiary/aromatic N) is 2. The number of hydrogen-bond donors (Lipinski definition) is 0. The van der Waals surface area contributed by atoms with Crippen LogP contribution in [0.1, 0.15) is 31.9 Å². The van der Waals surface area contributed by atoms with Crippen molar-refractivity contribution in [2.75, 3.05) is 11.5 Å². The lowest BCUT2D eigenvalue weighted by molar-refractivity contribution is -0.184. The lowest BCUT2D eigenvalue weighted by Crippen LogP contribution is -2.49. The molecule has 0 aromatic heterocycles. The van der Waals surface area contributed by atoms with Crippen molar-refractivity contribution >= 4 is 23.5 Å². The Kier molecular flexibility index (Phi) is 6.32. The van der Waals surface area contributed by atoms with Crippen molar-refractivity contribution in [2.24, 2.45) is 11.8 Å². The fourth-order valence-electron chi connectivity index (χ4n) is 6.22. The predicted octanol–water partition coefficient (Wildman–Crippen LogP) is 3.31. The first-order valence-corrected chi connectivity index (χ1v) is 13.3. The third-order valence-electron chi connectivity index (χ3n) is 7.78. The summed E-state index contributed by atoms with van der Waals surface area (Å²) in [6.45, 7) is 7.75. The quantitative estimate of drug-likeness (QED) is 0.413. The van der Waals surface area contributed by atoms with Gasteiger partial charge < -0.3 is 18.9 Å². The summed E-state index contributed by atoms with van der Waals surface area (Å²) in [5.74, 6) is -3.46. The lowest BCUT2D eigenvalue weighted by atomic mass is 9.88. The monoisotopic (exact) mass is 532 g/mol. The zero-order valence-corrected chi connectivity index (χ0v) is 22.4. The van der Waals surface area contributed by atoms with Crippen molar-refractivity contribution in [2.45, 2.75) is 64.5 Å². The van der Waals surface area contributed by atoms with Gasteiger partial charge in [0.05, 0.1) is 30.2 Å². The Morgan fingerprint density at radius 2 is 1.67 bits per heavy atom. The number of carbonyl (C=O) groups is 3.